The monoisotopic (exact) mass is 320 g/mol. The summed E-state index contributed by atoms with van der Waals surface area (Å²) in [6, 6.07) is 0.165. The molecule has 0 aromatic carbocycles. The number of hydrogen-bond donors (Lipinski definition) is 4. The van der Waals surface area contributed by atoms with E-state index in [1.807, 2.05) is 0 Å². The van der Waals surface area contributed by atoms with Crippen LogP contribution >= 0.6 is 0 Å². The summed E-state index contributed by atoms with van der Waals surface area (Å²) in [5.41, 5.74) is 6.66. The summed E-state index contributed by atoms with van der Waals surface area (Å²) < 4.78 is 0. The van der Waals surface area contributed by atoms with E-state index in [2.05, 4.69) is 42.8 Å². The first-order valence-corrected chi connectivity index (χ1v) is 7.94. The second kappa shape index (κ2) is 8.99. The maximum Gasteiger partial charge on any atom is 0.221 e. The summed E-state index contributed by atoms with van der Waals surface area (Å²) in [6.07, 6.45) is 6.90. The van der Waals surface area contributed by atoms with Crippen LogP contribution in [0.25, 0.3) is 0 Å². The Labute approximate surface area is 135 Å². The fourth-order valence-corrected chi connectivity index (χ4v) is 2.35. The number of nitrogens with one attached hydrogen (secondary N) is 2. The lowest BCUT2D eigenvalue weighted by Gasteiger charge is -2.20. The van der Waals surface area contributed by atoms with Crippen molar-refractivity contribution in [3.05, 3.63) is 17.6 Å². The maximum absolute atomic E-state index is 9.24. The second-order valence-electron chi connectivity index (χ2n) is 5.43. The number of aromatic nitrogens is 6. The van der Waals surface area contributed by atoms with Crippen molar-refractivity contribution in [2.24, 2.45) is 0 Å². The van der Waals surface area contributed by atoms with Crippen molar-refractivity contribution in [1.29, 1.82) is 0 Å². The fraction of sp³-hybridized carbons (Fsp3) is 0.643. The van der Waals surface area contributed by atoms with E-state index in [4.69, 9.17) is 5.73 Å². The Bertz CT molecular complexity index is 574. The number of anilines is 2. The first kappa shape index (κ1) is 17.1. The molecule has 5 N–H and O–H groups in total. The summed E-state index contributed by atoms with van der Waals surface area (Å²) in [5, 5.41) is 26.5. The number of hydrogen-bond acceptors (Lipinski definition) is 8. The van der Waals surface area contributed by atoms with Crippen molar-refractivity contribution in [3.63, 3.8) is 0 Å². The standard InChI is InChI=1S/C14H24N8O/c1-2-3-4-11(7-8-23)17-13-10(9-16-14(15)18-13)5-6-12-19-21-22-20-12/h9,11,23H,2-8H2,1H3,(H3,15,16,17,18)(H,19,20,21,22)/t11-/m0/s1. The van der Waals surface area contributed by atoms with Crippen molar-refractivity contribution in [3.8, 4) is 0 Å². The van der Waals surface area contributed by atoms with Crippen molar-refractivity contribution in [2.75, 3.05) is 17.7 Å². The van der Waals surface area contributed by atoms with Crippen molar-refractivity contribution in [2.45, 2.75) is 51.5 Å². The molecule has 0 radical (unpaired) electrons. The van der Waals surface area contributed by atoms with E-state index in [-0.39, 0.29) is 18.6 Å². The molecule has 1 atom stereocenters. The highest BCUT2D eigenvalue weighted by Gasteiger charge is 2.13. The van der Waals surface area contributed by atoms with Crippen LogP contribution in [0, 0.1) is 0 Å². The molecule has 9 nitrogen and oxygen atoms in total. The van der Waals surface area contributed by atoms with Gasteiger partial charge >= 0.3 is 0 Å². The van der Waals surface area contributed by atoms with Gasteiger partial charge in [-0.2, -0.15) is 10.2 Å². The molecule has 0 unspecified atom stereocenters. The molecule has 0 aliphatic heterocycles. The Morgan fingerprint density at radius 1 is 1.35 bits per heavy atom. The molecule has 2 aromatic heterocycles. The molecular formula is C14H24N8O. The number of aromatic amines is 1. The predicted octanol–water partition coefficient (Wildman–Crippen LogP) is 0.710. The molecule has 2 aromatic rings. The van der Waals surface area contributed by atoms with Crippen LogP contribution in [-0.2, 0) is 12.8 Å². The molecule has 0 bridgehead atoms. The molecule has 0 amide bonds. The minimum Gasteiger partial charge on any atom is -0.396 e. The highest BCUT2D eigenvalue weighted by Crippen LogP contribution is 2.18. The predicted molar refractivity (Wildman–Crippen MR) is 86.7 cm³/mol. The SMILES string of the molecule is CCCC[C@@H](CCO)Nc1nc(N)ncc1CCc1nn[nH]n1. The average molecular weight is 320 g/mol. The number of H-pyrrole nitrogens is 1. The van der Waals surface area contributed by atoms with Gasteiger partial charge in [0.05, 0.1) is 0 Å². The van der Waals surface area contributed by atoms with E-state index in [0.29, 0.717) is 25.1 Å². The topological polar surface area (TPSA) is 139 Å². The molecule has 0 spiro atoms. The molecule has 2 heterocycles. The highest BCUT2D eigenvalue weighted by molar-refractivity contribution is 5.47. The third-order valence-electron chi connectivity index (χ3n) is 3.61. The molecule has 23 heavy (non-hydrogen) atoms. The van der Waals surface area contributed by atoms with Crippen molar-refractivity contribution in [1.82, 2.24) is 30.6 Å². The van der Waals surface area contributed by atoms with E-state index in [1.165, 1.54) is 0 Å². The van der Waals surface area contributed by atoms with Gasteiger partial charge in [-0.05, 0) is 19.3 Å². The molecule has 0 saturated carbocycles. The number of unbranched alkanes of at least 4 members (excludes halogenated alkanes) is 1. The normalized spacial score (nSPS) is 12.3. The quantitative estimate of drug-likeness (QED) is 0.502. The van der Waals surface area contributed by atoms with Crippen molar-refractivity contribution < 1.29 is 5.11 Å². The first-order chi connectivity index (χ1) is 11.2. The lowest BCUT2D eigenvalue weighted by atomic mass is 10.1. The smallest absolute Gasteiger partial charge is 0.221 e. The summed E-state index contributed by atoms with van der Waals surface area (Å²) in [5.74, 6) is 1.59. The number of aliphatic hydroxyl groups is 1. The molecular weight excluding hydrogens is 296 g/mol. The molecule has 0 aliphatic rings. The van der Waals surface area contributed by atoms with Gasteiger partial charge in [-0.3, -0.25) is 0 Å². The zero-order chi connectivity index (χ0) is 16.5. The van der Waals surface area contributed by atoms with E-state index in [9.17, 15) is 5.11 Å². The Morgan fingerprint density at radius 3 is 2.91 bits per heavy atom. The summed E-state index contributed by atoms with van der Waals surface area (Å²) in [7, 11) is 0. The van der Waals surface area contributed by atoms with E-state index in [0.717, 1.165) is 30.6 Å². The third-order valence-corrected chi connectivity index (χ3v) is 3.61. The highest BCUT2D eigenvalue weighted by atomic mass is 16.3. The van der Waals surface area contributed by atoms with Crippen LogP contribution in [0.2, 0.25) is 0 Å². The fourth-order valence-electron chi connectivity index (χ4n) is 2.35. The Balaban J connectivity index is 2.06. The molecule has 0 saturated heterocycles. The number of aryl methyl sites for hydroxylation is 2. The number of tetrazole rings is 1. The van der Waals surface area contributed by atoms with Crippen LogP contribution in [0.3, 0.4) is 0 Å². The molecule has 126 valence electrons. The van der Waals surface area contributed by atoms with Gasteiger partial charge in [0.15, 0.2) is 5.82 Å². The molecule has 2 rings (SSSR count). The number of rotatable bonds is 10. The van der Waals surface area contributed by atoms with Crippen molar-refractivity contribution >= 4 is 11.8 Å². The van der Waals surface area contributed by atoms with Gasteiger partial charge in [0.1, 0.15) is 5.82 Å². The Kier molecular flexibility index (Phi) is 6.67. The van der Waals surface area contributed by atoms with Crippen LogP contribution in [0.1, 0.15) is 44.0 Å². The number of aliphatic hydroxyl groups excluding tert-OH is 1. The second-order valence-corrected chi connectivity index (χ2v) is 5.43. The van der Waals surface area contributed by atoms with Crippen LogP contribution in [0.4, 0.5) is 11.8 Å². The lowest BCUT2D eigenvalue weighted by molar-refractivity contribution is 0.276. The minimum absolute atomic E-state index is 0.139. The van der Waals surface area contributed by atoms with Crippen LogP contribution in [0.15, 0.2) is 6.20 Å². The van der Waals surface area contributed by atoms with Gasteiger partial charge in [-0.15, -0.1) is 10.2 Å². The molecule has 0 fully saturated rings. The zero-order valence-corrected chi connectivity index (χ0v) is 13.4. The molecule has 9 heteroatoms. The number of nitrogen functional groups attached to an aromatic ring is 1. The summed E-state index contributed by atoms with van der Waals surface area (Å²) in [6.45, 7) is 2.29. The lowest BCUT2D eigenvalue weighted by Crippen LogP contribution is -2.23. The Morgan fingerprint density at radius 2 is 2.22 bits per heavy atom. The van der Waals surface area contributed by atoms with E-state index >= 15 is 0 Å². The van der Waals surface area contributed by atoms with E-state index < -0.39 is 0 Å². The third kappa shape index (κ3) is 5.44. The van der Waals surface area contributed by atoms with Gasteiger partial charge in [-0.1, -0.05) is 25.0 Å². The summed E-state index contributed by atoms with van der Waals surface area (Å²) in [4.78, 5) is 8.38. The summed E-state index contributed by atoms with van der Waals surface area (Å²) >= 11 is 0. The van der Waals surface area contributed by atoms with Gasteiger partial charge in [0.25, 0.3) is 0 Å². The number of nitrogens with zero attached hydrogens (tertiary/aromatic N) is 5. The molecule has 0 aliphatic carbocycles. The van der Waals surface area contributed by atoms with Crippen LogP contribution in [0.5, 0.6) is 0 Å². The van der Waals surface area contributed by atoms with Gasteiger partial charge < -0.3 is 16.2 Å². The van der Waals surface area contributed by atoms with Gasteiger partial charge in [0.2, 0.25) is 5.95 Å². The van der Waals surface area contributed by atoms with Crippen LogP contribution in [-0.4, -0.2) is 48.3 Å². The van der Waals surface area contributed by atoms with E-state index in [1.54, 1.807) is 6.20 Å². The first-order valence-electron chi connectivity index (χ1n) is 7.94. The Hall–Kier alpha value is -2.29. The van der Waals surface area contributed by atoms with Crippen LogP contribution < -0.4 is 11.1 Å². The number of nitrogens with two attached hydrogens (primary N) is 1. The zero-order valence-electron chi connectivity index (χ0n) is 13.4. The minimum atomic E-state index is 0.139. The average Bonchev–Trinajstić information content (AvgIpc) is 3.05. The largest absolute Gasteiger partial charge is 0.396 e. The van der Waals surface area contributed by atoms with Gasteiger partial charge in [0, 0.05) is 30.8 Å². The maximum atomic E-state index is 9.24. The van der Waals surface area contributed by atoms with Gasteiger partial charge in [-0.25, -0.2) is 4.98 Å².